The molecule has 0 fully saturated rings. The van der Waals surface area contributed by atoms with Gasteiger partial charge in [0.25, 0.3) is 0 Å². The summed E-state index contributed by atoms with van der Waals surface area (Å²) >= 11 is 0. The van der Waals surface area contributed by atoms with Crippen molar-refractivity contribution in [1.82, 2.24) is 10.3 Å². The Kier molecular flexibility index (Phi) is 6.64. The van der Waals surface area contributed by atoms with Crippen LogP contribution in [0.5, 0.6) is 0 Å². The predicted octanol–water partition coefficient (Wildman–Crippen LogP) is 0.555. The van der Waals surface area contributed by atoms with Crippen LogP contribution in [0.2, 0.25) is 0 Å². The van der Waals surface area contributed by atoms with Gasteiger partial charge in [0.2, 0.25) is 0 Å². The number of aromatic nitrogens is 1. The SMILES string of the molecule is CNCc1cnc(N(CCO)CCOC)c(C)c1. The lowest BCUT2D eigenvalue weighted by atomic mass is 10.2. The highest BCUT2D eigenvalue weighted by Crippen LogP contribution is 2.17. The highest BCUT2D eigenvalue weighted by molar-refractivity contribution is 5.47. The zero-order valence-corrected chi connectivity index (χ0v) is 11.4. The summed E-state index contributed by atoms with van der Waals surface area (Å²) in [5.74, 6) is 0.918. The zero-order chi connectivity index (χ0) is 13.4. The van der Waals surface area contributed by atoms with E-state index >= 15 is 0 Å². The molecule has 0 aliphatic rings. The van der Waals surface area contributed by atoms with Crippen molar-refractivity contribution in [2.24, 2.45) is 0 Å². The number of aryl methyl sites for hydroxylation is 1. The lowest BCUT2D eigenvalue weighted by Crippen LogP contribution is -2.31. The number of methoxy groups -OCH3 is 1. The molecule has 1 aromatic heterocycles. The summed E-state index contributed by atoms with van der Waals surface area (Å²) in [6.45, 7) is 4.90. The maximum atomic E-state index is 9.11. The first-order chi connectivity index (χ1) is 8.72. The predicted molar refractivity (Wildman–Crippen MR) is 72.9 cm³/mol. The number of pyridine rings is 1. The topological polar surface area (TPSA) is 57.6 Å². The number of ether oxygens (including phenoxy) is 1. The van der Waals surface area contributed by atoms with Crippen molar-refractivity contribution in [2.75, 3.05) is 45.4 Å². The normalized spacial score (nSPS) is 10.7. The average Bonchev–Trinajstić information content (AvgIpc) is 2.35. The number of nitrogens with zero attached hydrogens (tertiary/aromatic N) is 2. The number of nitrogens with one attached hydrogen (secondary N) is 1. The second kappa shape index (κ2) is 8.02. The molecule has 0 saturated carbocycles. The Morgan fingerprint density at radius 3 is 2.78 bits per heavy atom. The van der Waals surface area contributed by atoms with Gasteiger partial charge in [0.1, 0.15) is 5.82 Å². The van der Waals surface area contributed by atoms with E-state index < -0.39 is 0 Å². The van der Waals surface area contributed by atoms with Crippen LogP contribution in [-0.2, 0) is 11.3 Å². The number of rotatable bonds is 8. The monoisotopic (exact) mass is 253 g/mol. The molecule has 5 nitrogen and oxygen atoms in total. The molecule has 2 N–H and O–H groups in total. The first-order valence-corrected chi connectivity index (χ1v) is 6.17. The van der Waals surface area contributed by atoms with Gasteiger partial charge in [-0.2, -0.15) is 0 Å². The average molecular weight is 253 g/mol. The Morgan fingerprint density at radius 1 is 1.44 bits per heavy atom. The molecule has 0 bridgehead atoms. The van der Waals surface area contributed by atoms with E-state index in [9.17, 15) is 0 Å². The summed E-state index contributed by atoms with van der Waals surface area (Å²) in [6, 6.07) is 2.12. The van der Waals surface area contributed by atoms with E-state index in [1.54, 1.807) is 7.11 Å². The van der Waals surface area contributed by atoms with Gasteiger partial charge in [0.15, 0.2) is 0 Å². The number of aliphatic hydroxyl groups excluding tert-OH is 1. The number of aliphatic hydroxyl groups is 1. The first kappa shape index (κ1) is 14.9. The van der Waals surface area contributed by atoms with E-state index in [1.807, 2.05) is 25.1 Å². The third kappa shape index (κ3) is 4.25. The summed E-state index contributed by atoms with van der Waals surface area (Å²) in [5, 5.41) is 12.2. The molecule has 102 valence electrons. The van der Waals surface area contributed by atoms with Gasteiger partial charge in [-0.25, -0.2) is 4.98 Å². The molecule has 0 saturated heterocycles. The molecule has 0 aliphatic heterocycles. The Balaban J connectivity index is 2.83. The second-order valence-electron chi connectivity index (χ2n) is 4.22. The van der Waals surface area contributed by atoms with E-state index in [1.165, 1.54) is 0 Å². The number of hydrogen-bond donors (Lipinski definition) is 2. The zero-order valence-electron chi connectivity index (χ0n) is 11.4. The van der Waals surface area contributed by atoms with Crippen LogP contribution in [0.3, 0.4) is 0 Å². The highest BCUT2D eigenvalue weighted by Gasteiger charge is 2.10. The fourth-order valence-corrected chi connectivity index (χ4v) is 1.90. The van der Waals surface area contributed by atoms with Crippen molar-refractivity contribution in [3.8, 4) is 0 Å². The summed E-state index contributed by atoms with van der Waals surface area (Å²) in [4.78, 5) is 6.53. The minimum atomic E-state index is 0.114. The third-order valence-corrected chi connectivity index (χ3v) is 2.72. The third-order valence-electron chi connectivity index (χ3n) is 2.72. The molecule has 5 heteroatoms. The number of anilines is 1. The van der Waals surface area contributed by atoms with Gasteiger partial charge in [-0.05, 0) is 31.2 Å². The van der Waals surface area contributed by atoms with Gasteiger partial charge in [0.05, 0.1) is 13.2 Å². The smallest absolute Gasteiger partial charge is 0.131 e. The second-order valence-corrected chi connectivity index (χ2v) is 4.22. The summed E-state index contributed by atoms with van der Waals surface area (Å²) in [5.41, 5.74) is 2.28. The van der Waals surface area contributed by atoms with Crippen LogP contribution in [0.4, 0.5) is 5.82 Å². The van der Waals surface area contributed by atoms with Gasteiger partial charge < -0.3 is 20.1 Å². The maximum absolute atomic E-state index is 9.11. The number of hydrogen-bond acceptors (Lipinski definition) is 5. The lowest BCUT2D eigenvalue weighted by Gasteiger charge is -2.24. The van der Waals surface area contributed by atoms with Crippen molar-refractivity contribution < 1.29 is 9.84 Å². The molecule has 1 rings (SSSR count). The van der Waals surface area contributed by atoms with E-state index in [0.29, 0.717) is 13.2 Å². The Bertz CT molecular complexity index is 358. The Morgan fingerprint density at radius 2 is 2.22 bits per heavy atom. The molecule has 0 spiro atoms. The summed E-state index contributed by atoms with van der Waals surface area (Å²) in [7, 11) is 3.59. The molecule has 18 heavy (non-hydrogen) atoms. The van der Waals surface area contributed by atoms with Crippen LogP contribution in [0.15, 0.2) is 12.3 Å². The fraction of sp³-hybridized carbons (Fsp3) is 0.615. The summed E-state index contributed by atoms with van der Waals surface area (Å²) < 4.78 is 5.08. The molecule has 0 amide bonds. The molecule has 0 atom stereocenters. The molecular formula is C13H23N3O2. The highest BCUT2D eigenvalue weighted by atomic mass is 16.5. The minimum Gasteiger partial charge on any atom is -0.395 e. The largest absolute Gasteiger partial charge is 0.395 e. The van der Waals surface area contributed by atoms with Crippen LogP contribution >= 0.6 is 0 Å². The molecule has 0 aromatic carbocycles. The van der Waals surface area contributed by atoms with E-state index in [4.69, 9.17) is 9.84 Å². The maximum Gasteiger partial charge on any atom is 0.131 e. The Hall–Kier alpha value is -1.17. The van der Waals surface area contributed by atoms with Crippen molar-refractivity contribution in [3.63, 3.8) is 0 Å². The van der Waals surface area contributed by atoms with Crippen molar-refractivity contribution in [1.29, 1.82) is 0 Å². The van der Waals surface area contributed by atoms with Crippen LogP contribution in [0, 0.1) is 6.92 Å². The molecule has 0 unspecified atom stereocenters. The van der Waals surface area contributed by atoms with Gasteiger partial charge in [-0.3, -0.25) is 0 Å². The molecular weight excluding hydrogens is 230 g/mol. The Labute approximate surface area is 109 Å². The van der Waals surface area contributed by atoms with Gasteiger partial charge in [-0.15, -0.1) is 0 Å². The molecule has 0 aliphatic carbocycles. The van der Waals surface area contributed by atoms with E-state index in [2.05, 4.69) is 16.4 Å². The quantitative estimate of drug-likeness (QED) is 0.709. The van der Waals surface area contributed by atoms with E-state index in [0.717, 1.165) is 30.0 Å². The van der Waals surface area contributed by atoms with Crippen LogP contribution in [-0.4, -0.2) is 50.6 Å². The van der Waals surface area contributed by atoms with Crippen molar-refractivity contribution in [3.05, 3.63) is 23.4 Å². The van der Waals surface area contributed by atoms with Crippen molar-refractivity contribution in [2.45, 2.75) is 13.5 Å². The first-order valence-electron chi connectivity index (χ1n) is 6.17. The van der Waals surface area contributed by atoms with Crippen LogP contribution in [0.25, 0.3) is 0 Å². The van der Waals surface area contributed by atoms with Gasteiger partial charge in [0, 0.05) is 32.9 Å². The van der Waals surface area contributed by atoms with Crippen LogP contribution in [0.1, 0.15) is 11.1 Å². The lowest BCUT2D eigenvalue weighted by molar-refractivity contribution is 0.202. The molecule has 0 radical (unpaired) electrons. The minimum absolute atomic E-state index is 0.114. The van der Waals surface area contributed by atoms with Crippen LogP contribution < -0.4 is 10.2 Å². The molecule has 1 heterocycles. The van der Waals surface area contributed by atoms with E-state index in [-0.39, 0.29) is 6.61 Å². The fourth-order valence-electron chi connectivity index (χ4n) is 1.90. The standard InChI is InChI=1S/C13H23N3O2/c1-11-8-12(9-14-2)10-15-13(11)16(4-6-17)5-7-18-3/h8,10,14,17H,4-7,9H2,1-3H3. The summed E-state index contributed by atoms with van der Waals surface area (Å²) in [6.07, 6.45) is 1.87. The van der Waals surface area contributed by atoms with Gasteiger partial charge >= 0.3 is 0 Å². The van der Waals surface area contributed by atoms with Crippen molar-refractivity contribution >= 4 is 5.82 Å². The molecule has 1 aromatic rings. The van der Waals surface area contributed by atoms with Gasteiger partial charge in [-0.1, -0.05) is 0 Å².